The van der Waals surface area contributed by atoms with E-state index in [0.29, 0.717) is 58.2 Å². The van der Waals surface area contributed by atoms with Crippen LogP contribution in [0.25, 0.3) is 0 Å². The number of thiazole rings is 1. The Morgan fingerprint density at radius 1 is 1.35 bits per heavy atom. The molecule has 1 aromatic heterocycles. The zero-order valence-corrected chi connectivity index (χ0v) is 22.4. The summed E-state index contributed by atoms with van der Waals surface area (Å²) in [7, 11) is 1.30. The smallest absolute Gasteiger partial charge is 0.338 e. The molecule has 3 aliphatic rings. The molecule has 0 spiro atoms. The third kappa shape index (κ3) is 5.47. The van der Waals surface area contributed by atoms with Gasteiger partial charge in [0.15, 0.2) is 10.8 Å². The van der Waals surface area contributed by atoms with E-state index in [1.165, 1.54) is 30.6 Å². The number of aliphatic carboxylic acids is 1. The highest BCUT2D eigenvalue weighted by Gasteiger charge is 2.43. The average Bonchev–Trinajstić information content (AvgIpc) is 3.40. The lowest BCUT2D eigenvalue weighted by Crippen LogP contribution is -2.59. The number of carbonyl (C=O) groups is 2. The minimum absolute atomic E-state index is 0.0283. The standard InChI is InChI=1S/C25H26BrFN4O5S/c1-35-25(34)21-18(9-16-12(7-20(32)33)6-14-10-36-11-19(16)29-14)30-23(24-28-4-5-37-24)31-22(21)15-3-2-13(27)8-17(15)26/h2-5,8,12,14,16,19,22,29H,6-7,9-11H2,1H3,(H,30,31)(H,32,33)/t12?,14-,16?,19-,22-/m0/s1. The number of carboxylic acid groups (broad SMARTS) is 1. The number of nitrogens with zero attached hydrogens (tertiary/aromatic N) is 2. The van der Waals surface area contributed by atoms with E-state index in [1.807, 2.05) is 5.38 Å². The number of aromatic nitrogens is 1. The second-order valence-electron chi connectivity index (χ2n) is 9.36. The van der Waals surface area contributed by atoms with E-state index in [1.54, 1.807) is 12.3 Å². The van der Waals surface area contributed by atoms with Crippen molar-refractivity contribution in [3.05, 3.63) is 61.9 Å². The van der Waals surface area contributed by atoms with E-state index in [9.17, 15) is 19.1 Å². The first-order valence-corrected chi connectivity index (χ1v) is 13.6. The molecule has 2 aromatic rings. The predicted octanol–water partition coefficient (Wildman–Crippen LogP) is 3.42. The number of amidine groups is 1. The summed E-state index contributed by atoms with van der Waals surface area (Å²) in [6, 6.07) is 3.49. The van der Waals surface area contributed by atoms with Crippen LogP contribution in [0.1, 0.15) is 35.9 Å². The van der Waals surface area contributed by atoms with E-state index in [0.717, 1.165) is 0 Å². The van der Waals surface area contributed by atoms with E-state index in [4.69, 9.17) is 14.5 Å². The number of aliphatic imine (C=N–C) groups is 1. The number of ether oxygens (including phenoxy) is 2. The van der Waals surface area contributed by atoms with Crippen LogP contribution >= 0.6 is 27.3 Å². The van der Waals surface area contributed by atoms with Crippen LogP contribution in [0.3, 0.4) is 0 Å². The number of carbonyl (C=O) groups excluding carboxylic acids is 1. The Morgan fingerprint density at radius 3 is 2.89 bits per heavy atom. The number of fused-ring (bicyclic) bond motifs is 2. The van der Waals surface area contributed by atoms with Crippen molar-refractivity contribution in [3.8, 4) is 0 Å². The quantitative estimate of drug-likeness (QED) is 0.418. The zero-order chi connectivity index (χ0) is 26.1. The Labute approximate surface area is 225 Å². The number of morpholine rings is 1. The number of hydrogen-bond acceptors (Lipinski definition) is 9. The highest BCUT2D eigenvalue weighted by molar-refractivity contribution is 9.10. The van der Waals surface area contributed by atoms with Gasteiger partial charge in [0.25, 0.3) is 0 Å². The molecular weight excluding hydrogens is 567 g/mol. The van der Waals surface area contributed by atoms with Crippen LogP contribution in [0.2, 0.25) is 0 Å². The van der Waals surface area contributed by atoms with Crippen molar-refractivity contribution in [1.82, 2.24) is 15.6 Å². The van der Waals surface area contributed by atoms with Gasteiger partial charge in [-0.25, -0.2) is 14.2 Å². The van der Waals surface area contributed by atoms with Gasteiger partial charge in [-0.2, -0.15) is 0 Å². The number of esters is 1. The van der Waals surface area contributed by atoms with Crippen molar-refractivity contribution < 1.29 is 28.6 Å². The summed E-state index contributed by atoms with van der Waals surface area (Å²) >= 11 is 4.83. The molecule has 2 fully saturated rings. The third-order valence-corrected chi connectivity index (χ3v) is 8.54. The van der Waals surface area contributed by atoms with Crippen LogP contribution in [0.5, 0.6) is 0 Å². The molecule has 2 saturated heterocycles. The summed E-state index contributed by atoms with van der Waals surface area (Å²) in [6.45, 7) is 1.01. The van der Waals surface area contributed by atoms with Gasteiger partial charge in [0, 0.05) is 40.3 Å². The SMILES string of the molecule is COC(=O)C1=C(CC2C(CC(=O)O)C[C@H]3COC[C@@H]2N3)NC(c2nccs2)=N[C@H]1c1ccc(F)cc1Br. The first kappa shape index (κ1) is 26.0. The topological polar surface area (TPSA) is 122 Å². The molecule has 3 aliphatic heterocycles. The first-order chi connectivity index (χ1) is 17.8. The summed E-state index contributed by atoms with van der Waals surface area (Å²) in [5.41, 5.74) is 1.47. The summed E-state index contributed by atoms with van der Waals surface area (Å²) in [5.74, 6) is -1.59. The molecular formula is C25H26BrFN4O5S. The molecule has 1 aromatic carbocycles. The fraction of sp³-hybridized carbons (Fsp3) is 0.440. The number of piperidine rings is 1. The normalized spacial score (nSPS) is 27.3. The summed E-state index contributed by atoms with van der Waals surface area (Å²) in [6.07, 6.45) is 2.73. The highest BCUT2D eigenvalue weighted by Crippen LogP contribution is 2.41. The van der Waals surface area contributed by atoms with Crippen molar-refractivity contribution in [3.63, 3.8) is 0 Å². The predicted molar refractivity (Wildman–Crippen MR) is 138 cm³/mol. The molecule has 3 N–H and O–H groups in total. The van der Waals surface area contributed by atoms with Gasteiger partial charge in [-0.3, -0.25) is 9.79 Å². The van der Waals surface area contributed by atoms with Crippen molar-refractivity contribution in [2.45, 2.75) is 37.4 Å². The van der Waals surface area contributed by atoms with Gasteiger partial charge in [0.2, 0.25) is 0 Å². The fourth-order valence-corrected chi connectivity index (χ4v) is 6.65. The van der Waals surface area contributed by atoms with Crippen molar-refractivity contribution in [1.29, 1.82) is 0 Å². The zero-order valence-electron chi connectivity index (χ0n) is 19.9. The number of methoxy groups -OCH3 is 1. The Kier molecular flexibility index (Phi) is 7.70. The molecule has 0 amide bonds. The minimum atomic E-state index is -0.854. The van der Waals surface area contributed by atoms with Crippen molar-refractivity contribution in [2.75, 3.05) is 20.3 Å². The Bertz CT molecular complexity index is 1250. The maximum absolute atomic E-state index is 13.9. The van der Waals surface area contributed by atoms with Crippen molar-refractivity contribution >= 4 is 45.0 Å². The maximum atomic E-state index is 13.9. The van der Waals surface area contributed by atoms with Gasteiger partial charge in [-0.05, 0) is 42.4 Å². The largest absolute Gasteiger partial charge is 0.481 e. The van der Waals surface area contributed by atoms with Gasteiger partial charge in [-0.15, -0.1) is 11.3 Å². The molecule has 196 valence electrons. The molecule has 4 heterocycles. The van der Waals surface area contributed by atoms with Crippen LogP contribution in [-0.2, 0) is 19.1 Å². The monoisotopic (exact) mass is 592 g/mol. The lowest BCUT2D eigenvalue weighted by atomic mass is 9.72. The maximum Gasteiger partial charge on any atom is 0.338 e. The molecule has 0 aliphatic carbocycles. The molecule has 5 atom stereocenters. The van der Waals surface area contributed by atoms with Crippen LogP contribution < -0.4 is 10.6 Å². The molecule has 0 saturated carbocycles. The van der Waals surface area contributed by atoms with E-state index < -0.39 is 23.8 Å². The van der Waals surface area contributed by atoms with E-state index in [-0.39, 0.29) is 30.3 Å². The molecule has 0 radical (unpaired) electrons. The Morgan fingerprint density at radius 2 is 2.19 bits per heavy atom. The number of halogens is 2. The number of carboxylic acids is 1. The molecule has 12 heteroatoms. The van der Waals surface area contributed by atoms with Gasteiger partial charge in [0.1, 0.15) is 11.9 Å². The van der Waals surface area contributed by atoms with Crippen molar-refractivity contribution in [2.24, 2.45) is 16.8 Å². The van der Waals surface area contributed by atoms with E-state index >= 15 is 0 Å². The number of rotatable bonds is 7. The number of benzene rings is 1. The molecule has 37 heavy (non-hydrogen) atoms. The van der Waals surface area contributed by atoms with Crippen LogP contribution in [-0.4, -0.2) is 60.3 Å². The van der Waals surface area contributed by atoms with E-state index in [2.05, 4.69) is 31.5 Å². The Hall–Kier alpha value is -2.67. The molecule has 5 rings (SSSR count). The lowest BCUT2D eigenvalue weighted by molar-refractivity contribution is -0.140. The fourth-order valence-electron chi connectivity index (χ4n) is 5.50. The highest BCUT2D eigenvalue weighted by atomic mass is 79.9. The number of hydrogen-bond donors (Lipinski definition) is 3. The van der Waals surface area contributed by atoms with Gasteiger partial charge in [-0.1, -0.05) is 22.0 Å². The minimum Gasteiger partial charge on any atom is -0.481 e. The molecule has 2 bridgehead atoms. The summed E-state index contributed by atoms with van der Waals surface area (Å²) < 4.78 is 25.4. The third-order valence-electron chi connectivity index (χ3n) is 7.08. The second-order valence-corrected chi connectivity index (χ2v) is 11.1. The van der Waals surface area contributed by atoms with Gasteiger partial charge >= 0.3 is 11.9 Å². The number of nitrogens with one attached hydrogen (secondary N) is 2. The Balaban J connectivity index is 1.60. The van der Waals surface area contributed by atoms with Crippen LogP contribution in [0.15, 0.2) is 50.5 Å². The average molecular weight is 593 g/mol. The lowest BCUT2D eigenvalue weighted by Gasteiger charge is -2.46. The summed E-state index contributed by atoms with van der Waals surface area (Å²) in [5, 5.41) is 19.0. The first-order valence-electron chi connectivity index (χ1n) is 11.9. The molecule has 9 nitrogen and oxygen atoms in total. The van der Waals surface area contributed by atoms with Gasteiger partial charge in [0.05, 0.1) is 25.9 Å². The molecule has 2 unspecified atom stereocenters. The van der Waals surface area contributed by atoms with Crippen LogP contribution in [0, 0.1) is 17.7 Å². The second kappa shape index (κ2) is 11.0. The summed E-state index contributed by atoms with van der Waals surface area (Å²) in [4.78, 5) is 34.2. The number of allylic oxidation sites excluding steroid dienone is 1. The van der Waals surface area contributed by atoms with Crippen LogP contribution in [0.4, 0.5) is 4.39 Å². The van der Waals surface area contributed by atoms with Gasteiger partial charge < -0.3 is 25.2 Å².